The summed E-state index contributed by atoms with van der Waals surface area (Å²) in [6.07, 6.45) is 1.14. The Kier molecular flexibility index (Phi) is 6.78. The van der Waals surface area contributed by atoms with Gasteiger partial charge in [-0.3, -0.25) is 10.3 Å². The summed E-state index contributed by atoms with van der Waals surface area (Å²) >= 11 is 0. The first-order valence-corrected chi connectivity index (χ1v) is 11.2. The van der Waals surface area contributed by atoms with Crippen molar-refractivity contribution < 1.29 is 23.7 Å². The van der Waals surface area contributed by atoms with Crippen LogP contribution in [0.15, 0.2) is 54.7 Å². The van der Waals surface area contributed by atoms with Crippen molar-refractivity contribution in [3.63, 3.8) is 0 Å². The Hall–Kier alpha value is -4.26. The van der Waals surface area contributed by atoms with Crippen molar-refractivity contribution in [2.75, 3.05) is 19.5 Å². The number of nitrogens with zero attached hydrogens (tertiary/aromatic N) is 1. The zero-order valence-corrected chi connectivity index (χ0v) is 20.7. The maximum absolute atomic E-state index is 12.6. The number of aryl methyl sites for hydroxylation is 2. The Bertz CT molecular complexity index is 1390. The van der Waals surface area contributed by atoms with Gasteiger partial charge in [-0.25, -0.2) is 4.79 Å². The third-order valence-corrected chi connectivity index (χ3v) is 6.00. The Labute approximate surface area is 204 Å². The van der Waals surface area contributed by atoms with Gasteiger partial charge in [0.25, 0.3) is 0 Å². The molecule has 0 saturated heterocycles. The van der Waals surface area contributed by atoms with Gasteiger partial charge in [-0.2, -0.15) is 0 Å². The van der Waals surface area contributed by atoms with E-state index in [0.29, 0.717) is 34.4 Å². The summed E-state index contributed by atoms with van der Waals surface area (Å²) in [6.45, 7) is 7.69. The summed E-state index contributed by atoms with van der Waals surface area (Å²) < 4.78 is 22.7. The van der Waals surface area contributed by atoms with Crippen molar-refractivity contribution in [3.8, 4) is 28.7 Å². The van der Waals surface area contributed by atoms with E-state index in [1.54, 1.807) is 32.5 Å². The molecule has 4 rings (SSSR count). The molecule has 1 aromatic heterocycles. The topological polar surface area (TPSA) is 78.9 Å². The van der Waals surface area contributed by atoms with Crippen LogP contribution in [0.4, 0.5) is 10.5 Å². The maximum atomic E-state index is 12.6. The molecule has 0 saturated carbocycles. The van der Waals surface area contributed by atoms with Gasteiger partial charge in [0.05, 0.1) is 19.7 Å². The fraction of sp³-hybridized carbons (Fsp3) is 0.214. The second-order valence-corrected chi connectivity index (χ2v) is 8.23. The Morgan fingerprint density at radius 3 is 2.17 bits per heavy atom. The highest BCUT2D eigenvalue weighted by Gasteiger charge is 2.16. The molecule has 7 heteroatoms. The normalized spacial score (nSPS) is 10.7. The number of hydrogen-bond donors (Lipinski definition) is 1. The molecule has 1 heterocycles. The van der Waals surface area contributed by atoms with E-state index in [1.807, 2.05) is 64.1 Å². The molecule has 0 aliphatic carbocycles. The summed E-state index contributed by atoms with van der Waals surface area (Å²) in [4.78, 5) is 17.0. The highest BCUT2D eigenvalue weighted by atomic mass is 16.6. The molecule has 0 radical (unpaired) electrons. The number of pyridine rings is 1. The van der Waals surface area contributed by atoms with E-state index in [1.165, 1.54) is 0 Å². The number of ether oxygens (including phenoxy) is 4. The van der Waals surface area contributed by atoms with Gasteiger partial charge in [-0.1, -0.05) is 18.2 Å². The van der Waals surface area contributed by atoms with Crippen LogP contribution in [0.3, 0.4) is 0 Å². The second kappa shape index (κ2) is 9.93. The van der Waals surface area contributed by atoms with E-state index in [2.05, 4.69) is 10.3 Å². The molecule has 180 valence electrons. The summed E-state index contributed by atoms with van der Waals surface area (Å²) in [5, 5.41) is 3.64. The minimum atomic E-state index is -0.542. The number of fused-ring (bicyclic) bond motifs is 1. The average Bonchev–Trinajstić information content (AvgIpc) is 2.85. The van der Waals surface area contributed by atoms with Gasteiger partial charge in [-0.15, -0.1) is 0 Å². The molecule has 0 spiro atoms. The van der Waals surface area contributed by atoms with Crippen LogP contribution < -0.4 is 24.3 Å². The van der Waals surface area contributed by atoms with Crippen LogP contribution in [0.25, 0.3) is 10.9 Å². The predicted molar refractivity (Wildman–Crippen MR) is 136 cm³/mol. The van der Waals surface area contributed by atoms with E-state index in [0.717, 1.165) is 33.2 Å². The van der Waals surface area contributed by atoms with E-state index in [-0.39, 0.29) is 0 Å². The van der Waals surface area contributed by atoms with Crippen molar-refractivity contribution in [3.05, 3.63) is 77.0 Å². The first kappa shape index (κ1) is 23.9. The molecule has 0 bridgehead atoms. The lowest BCUT2D eigenvalue weighted by Crippen LogP contribution is -2.18. The minimum absolute atomic E-state index is 0.542. The van der Waals surface area contributed by atoms with Crippen LogP contribution in [0, 0.1) is 27.7 Å². The molecule has 7 nitrogen and oxygen atoms in total. The van der Waals surface area contributed by atoms with Gasteiger partial charge < -0.3 is 18.9 Å². The smallest absolute Gasteiger partial charge is 0.417 e. The third kappa shape index (κ3) is 4.84. The molecule has 1 N–H and O–H groups in total. The number of rotatable bonds is 6. The van der Waals surface area contributed by atoms with Crippen LogP contribution in [0.1, 0.15) is 22.3 Å². The fourth-order valence-electron chi connectivity index (χ4n) is 3.89. The molecule has 0 aliphatic rings. The van der Waals surface area contributed by atoms with Crippen molar-refractivity contribution in [1.82, 2.24) is 4.98 Å². The van der Waals surface area contributed by atoms with E-state index >= 15 is 0 Å². The van der Waals surface area contributed by atoms with Gasteiger partial charge in [-0.05, 0) is 74.2 Å². The molecule has 3 aromatic carbocycles. The van der Waals surface area contributed by atoms with Crippen LogP contribution in [0.5, 0.6) is 28.7 Å². The number of hydrogen-bond acceptors (Lipinski definition) is 6. The highest BCUT2D eigenvalue weighted by Crippen LogP contribution is 2.38. The predicted octanol–water partition coefficient (Wildman–Crippen LogP) is 6.89. The Balaban J connectivity index is 1.59. The van der Waals surface area contributed by atoms with Crippen LogP contribution in [-0.4, -0.2) is 25.3 Å². The molecule has 0 aliphatic heterocycles. The second-order valence-electron chi connectivity index (χ2n) is 8.23. The maximum Gasteiger partial charge on any atom is 0.417 e. The van der Waals surface area contributed by atoms with E-state index < -0.39 is 6.09 Å². The minimum Gasteiger partial charge on any atom is -0.493 e. The summed E-state index contributed by atoms with van der Waals surface area (Å²) in [5.41, 5.74) is 4.93. The number of nitrogens with one attached hydrogen (secondary N) is 1. The van der Waals surface area contributed by atoms with Crippen LogP contribution in [-0.2, 0) is 0 Å². The number of para-hydroxylation sites is 1. The Morgan fingerprint density at radius 2 is 1.49 bits per heavy atom. The number of benzene rings is 3. The molecule has 0 atom stereocenters. The van der Waals surface area contributed by atoms with Gasteiger partial charge in [0.1, 0.15) is 17.2 Å². The number of carbonyl (C=O) groups is 1. The van der Waals surface area contributed by atoms with Crippen molar-refractivity contribution in [1.29, 1.82) is 0 Å². The van der Waals surface area contributed by atoms with Crippen LogP contribution >= 0.6 is 0 Å². The lowest BCUT2D eigenvalue weighted by atomic mass is 10.1. The lowest BCUT2D eigenvalue weighted by Gasteiger charge is -2.17. The van der Waals surface area contributed by atoms with Gasteiger partial charge in [0, 0.05) is 23.3 Å². The van der Waals surface area contributed by atoms with Gasteiger partial charge in [0.2, 0.25) is 0 Å². The van der Waals surface area contributed by atoms with Crippen molar-refractivity contribution in [2.24, 2.45) is 0 Å². The largest absolute Gasteiger partial charge is 0.493 e. The first-order valence-electron chi connectivity index (χ1n) is 11.2. The van der Waals surface area contributed by atoms with Crippen LogP contribution in [0.2, 0.25) is 0 Å². The molecule has 1 amide bonds. The van der Waals surface area contributed by atoms with Crippen molar-refractivity contribution in [2.45, 2.75) is 27.7 Å². The molecule has 35 heavy (non-hydrogen) atoms. The quantitative estimate of drug-likeness (QED) is 0.329. The van der Waals surface area contributed by atoms with E-state index in [4.69, 9.17) is 18.9 Å². The van der Waals surface area contributed by atoms with E-state index in [9.17, 15) is 4.79 Å². The summed E-state index contributed by atoms with van der Waals surface area (Å²) in [5.74, 6) is 3.05. The number of methoxy groups -OCH3 is 2. The third-order valence-electron chi connectivity index (χ3n) is 6.00. The zero-order chi connectivity index (χ0) is 25.1. The molecule has 4 aromatic rings. The summed E-state index contributed by atoms with van der Waals surface area (Å²) in [6, 6.07) is 14.8. The molecular weight excluding hydrogens is 444 g/mol. The zero-order valence-electron chi connectivity index (χ0n) is 20.7. The molecular formula is C28H28N2O5. The highest BCUT2D eigenvalue weighted by molar-refractivity contribution is 5.89. The standard InChI is InChI=1S/C28H28N2O5/c1-16-8-7-9-17(2)27(16)35-28(31)30-21-10-11-23(19(4)18(21)3)34-24-12-13-29-22-15-26(33-6)25(32-5)14-20(22)24/h7-15H,1-6H3,(H,30,31). The number of aromatic nitrogens is 1. The number of anilines is 1. The summed E-state index contributed by atoms with van der Waals surface area (Å²) in [7, 11) is 3.18. The molecule has 0 unspecified atom stereocenters. The van der Waals surface area contributed by atoms with Crippen molar-refractivity contribution >= 4 is 22.7 Å². The number of amides is 1. The Morgan fingerprint density at radius 1 is 0.800 bits per heavy atom. The van der Waals surface area contributed by atoms with Gasteiger partial charge in [0.15, 0.2) is 11.5 Å². The first-order chi connectivity index (χ1) is 16.8. The monoisotopic (exact) mass is 472 g/mol. The fourth-order valence-corrected chi connectivity index (χ4v) is 3.89. The molecule has 0 fully saturated rings. The average molecular weight is 473 g/mol. The number of carbonyl (C=O) groups excluding carboxylic acids is 1. The van der Waals surface area contributed by atoms with Gasteiger partial charge >= 0.3 is 6.09 Å². The lowest BCUT2D eigenvalue weighted by molar-refractivity contribution is 0.214. The SMILES string of the molecule is COc1cc2nccc(Oc3ccc(NC(=O)Oc4c(C)cccc4C)c(C)c3C)c2cc1OC.